The van der Waals surface area contributed by atoms with Crippen LogP contribution in [0.25, 0.3) is 0 Å². The molecule has 0 heterocycles. The summed E-state index contributed by atoms with van der Waals surface area (Å²) in [5.74, 6) is -0.563. The molecule has 4 N–H and O–H groups in total. The van der Waals surface area contributed by atoms with E-state index in [9.17, 15) is 9.70 Å². The molecule has 0 spiro atoms. The highest BCUT2D eigenvalue weighted by molar-refractivity contribution is 5.76. The smallest absolute Gasteiger partial charge is 0.362 e. The van der Waals surface area contributed by atoms with Gasteiger partial charge in [-0.1, -0.05) is 0 Å². The van der Waals surface area contributed by atoms with Crippen molar-refractivity contribution in [3.63, 3.8) is 0 Å². The molecule has 0 aliphatic heterocycles. The van der Waals surface area contributed by atoms with Crippen LogP contribution in [0.2, 0.25) is 0 Å². The number of guanidine groups is 1. The van der Waals surface area contributed by atoms with Crippen molar-refractivity contribution < 1.29 is 19.8 Å². The molecule has 0 aromatic rings. The minimum Gasteiger partial charge on any atom is -0.466 e. The van der Waals surface area contributed by atoms with E-state index in [-0.39, 0.29) is 18.5 Å². The Balaban J connectivity index is 3.50. The molecule has 0 fully saturated rings. The Morgan fingerprint density at radius 1 is 1.71 bits per heavy atom. The van der Waals surface area contributed by atoms with Crippen LogP contribution in [0, 0.1) is 4.91 Å². The van der Waals surface area contributed by atoms with Crippen molar-refractivity contribution in [1.82, 2.24) is 5.43 Å². The molecule has 80 valence electrons. The van der Waals surface area contributed by atoms with Crippen LogP contribution in [0.4, 0.5) is 0 Å². The highest BCUT2D eigenvalue weighted by Crippen LogP contribution is 1.84. The largest absolute Gasteiger partial charge is 0.466 e. The van der Waals surface area contributed by atoms with E-state index in [0.29, 0.717) is 13.0 Å². The average molecular weight is 205 g/mol. The predicted octanol–water partition coefficient (Wildman–Crippen LogP) is -1.07. The summed E-state index contributed by atoms with van der Waals surface area (Å²) >= 11 is 0. The van der Waals surface area contributed by atoms with E-state index in [1.807, 2.05) is 0 Å². The number of carbonyl (C=O) groups excluding carboxylic acids is 1. The number of hydrazine groups is 1. The Labute approximate surface area is 80.2 Å². The van der Waals surface area contributed by atoms with Gasteiger partial charge in [-0.25, -0.2) is 10.2 Å². The predicted molar refractivity (Wildman–Crippen MR) is 46.3 cm³/mol. The van der Waals surface area contributed by atoms with E-state index in [4.69, 9.17) is 10.9 Å². The number of aliphatic imine (C=N–C) groups is 1. The number of carbonyl (C=O) groups is 1. The number of nitrogens with zero attached hydrogens (tertiary/aromatic N) is 2. The third kappa shape index (κ3) is 8.24. The number of ether oxygens (including phenoxy) is 1. The Hall–Kier alpha value is -1.86. The van der Waals surface area contributed by atoms with Crippen molar-refractivity contribution in [1.29, 1.82) is 0 Å². The van der Waals surface area contributed by atoms with Crippen LogP contribution < -0.4 is 11.2 Å². The fraction of sp³-hybridized carbons (Fsp3) is 0.667. The third-order valence-electron chi connectivity index (χ3n) is 1.10. The number of nitrogens with one attached hydrogen (secondary N) is 1. The van der Waals surface area contributed by atoms with Gasteiger partial charge in [0.2, 0.25) is 0 Å². The van der Waals surface area contributed by atoms with Gasteiger partial charge in [-0.2, -0.15) is 0 Å². The van der Waals surface area contributed by atoms with Crippen molar-refractivity contribution in [3.8, 4) is 0 Å². The number of hydrogen-bond donors (Lipinski definition) is 3. The van der Waals surface area contributed by atoms with Crippen LogP contribution in [-0.2, 0) is 9.53 Å². The van der Waals surface area contributed by atoms with Crippen LogP contribution in [0.3, 0.4) is 0 Å². The van der Waals surface area contributed by atoms with E-state index in [2.05, 4.69) is 9.73 Å². The second-order valence-corrected chi connectivity index (χ2v) is 2.35. The molecule has 0 aliphatic carbocycles. The van der Waals surface area contributed by atoms with Crippen molar-refractivity contribution in [3.05, 3.63) is 4.91 Å². The zero-order valence-electron chi connectivity index (χ0n) is 7.77. The summed E-state index contributed by atoms with van der Waals surface area (Å²) in [6, 6.07) is 0. The normalized spacial score (nSPS) is 10.8. The molecule has 0 saturated heterocycles. The van der Waals surface area contributed by atoms with Gasteiger partial charge in [0, 0.05) is 19.9 Å². The summed E-state index contributed by atoms with van der Waals surface area (Å²) in [6.45, 7) is 1.84. The molecule has 8 nitrogen and oxygen atoms in total. The third-order valence-corrected chi connectivity index (χ3v) is 1.10. The lowest BCUT2D eigenvalue weighted by Crippen LogP contribution is -2.37. The van der Waals surface area contributed by atoms with Gasteiger partial charge in [0.15, 0.2) is 0 Å². The first-order chi connectivity index (χ1) is 6.52. The molecule has 0 aromatic heterocycles. The first kappa shape index (κ1) is 12.1. The molecule has 0 rings (SSSR count). The number of nitrogens with two attached hydrogens (primary N) is 1. The molecule has 0 atom stereocenters. The van der Waals surface area contributed by atoms with Gasteiger partial charge in [-0.15, -0.1) is 0 Å². The molecule has 0 unspecified atom stereocenters. The Bertz CT molecular complexity index is 240. The molecule has 0 radical (unpaired) electrons. The van der Waals surface area contributed by atoms with Crippen molar-refractivity contribution in [2.45, 2.75) is 13.3 Å². The van der Waals surface area contributed by atoms with Crippen molar-refractivity contribution >= 4 is 11.9 Å². The Kier molecular flexibility index (Phi) is 5.75. The maximum Gasteiger partial charge on any atom is 0.362 e. The van der Waals surface area contributed by atoms with Gasteiger partial charge in [0.05, 0.1) is 6.61 Å². The molecule has 8 heteroatoms. The van der Waals surface area contributed by atoms with Gasteiger partial charge in [-0.05, 0) is 5.43 Å². The van der Waals surface area contributed by atoms with Crippen LogP contribution in [0.1, 0.15) is 13.3 Å². The van der Waals surface area contributed by atoms with E-state index in [1.165, 1.54) is 6.92 Å². The first-order valence-electron chi connectivity index (χ1n) is 3.88. The summed E-state index contributed by atoms with van der Waals surface area (Å²) in [5, 5.41) is 7.58. The van der Waals surface area contributed by atoms with E-state index in [0.717, 1.165) is 0 Å². The lowest BCUT2D eigenvalue weighted by atomic mass is 10.4. The fourth-order valence-corrected chi connectivity index (χ4v) is 0.613. The van der Waals surface area contributed by atoms with Gasteiger partial charge >= 0.3 is 11.0 Å². The fourth-order valence-electron chi connectivity index (χ4n) is 0.613. The molecule has 14 heavy (non-hydrogen) atoms. The number of esters is 1. The topological polar surface area (TPSA) is 117 Å². The second kappa shape index (κ2) is 6.63. The van der Waals surface area contributed by atoms with E-state index >= 15 is 0 Å². The van der Waals surface area contributed by atoms with E-state index < -0.39 is 5.03 Å². The van der Waals surface area contributed by atoms with Crippen molar-refractivity contribution in [2.75, 3.05) is 13.2 Å². The first-order valence-corrected chi connectivity index (χ1v) is 3.88. The van der Waals surface area contributed by atoms with Crippen LogP contribution >= 0.6 is 0 Å². The summed E-state index contributed by atoms with van der Waals surface area (Å²) in [7, 11) is 0. The molecule has 0 aliphatic rings. The number of hydrogen-bond acceptors (Lipinski definition) is 4. The maximum absolute atomic E-state index is 10.3. The molecule has 0 saturated carbocycles. The zero-order valence-corrected chi connectivity index (χ0v) is 7.77. The monoisotopic (exact) mass is 205 g/mol. The number of rotatable bonds is 5. The SMILES string of the molecule is CC(=O)OCCCN=C(N)N[N+](=O)O. The van der Waals surface area contributed by atoms with Crippen LogP contribution in [0.5, 0.6) is 0 Å². The van der Waals surface area contributed by atoms with Gasteiger partial charge in [0.25, 0.3) is 5.96 Å². The Morgan fingerprint density at radius 2 is 2.36 bits per heavy atom. The molecular weight excluding hydrogens is 192 g/mol. The lowest BCUT2D eigenvalue weighted by molar-refractivity contribution is -0.822. The lowest BCUT2D eigenvalue weighted by Gasteiger charge is -1.98. The summed E-state index contributed by atoms with van der Waals surface area (Å²) in [4.78, 5) is 23.9. The second-order valence-electron chi connectivity index (χ2n) is 2.35. The quantitative estimate of drug-likeness (QED) is 0.173. The van der Waals surface area contributed by atoms with Gasteiger partial charge in [-0.3, -0.25) is 4.79 Å². The Morgan fingerprint density at radius 3 is 2.86 bits per heavy atom. The van der Waals surface area contributed by atoms with Crippen LogP contribution in [-0.4, -0.2) is 35.3 Å². The summed E-state index contributed by atoms with van der Waals surface area (Å²) in [6.07, 6.45) is 0.492. The maximum atomic E-state index is 10.3. The van der Waals surface area contributed by atoms with E-state index in [1.54, 1.807) is 5.43 Å². The highest BCUT2D eigenvalue weighted by atomic mass is 16.7. The standard InChI is InChI=1S/C6H13N4O4/c1-5(11)14-4-2-3-8-6(7)9-10(12)13/h2-4H2,1H3,(H,12,13)(H3,7,8,9)/q+1. The minimum atomic E-state index is -0.551. The van der Waals surface area contributed by atoms with Crippen molar-refractivity contribution in [2.24, 2.45) is 10.7 Å². The summed E-state index contributed by atoms with van der Waals surface area (Å²) in [5.41, 5.74) is 6.94. The highest BCUT2D eigenvalue weighted by Gasteiger charge is 2.03. The molecule has 0 bridgehead atoms. The molecule has 0 amide bonds. The molecular formula is C6H13N4O4+. The van der Waals surface area contributed by atoms with Gasteiger partial charge < -0.3 is 10.5 Å². The zero-order chi connectivity index (χ0) is 11.0. The molecule has 0 aromatic carbocycles. The van der Waals surface area contributed by atoms with Crippen LogP contribution in [0.15, 0.2) is 4.99 Å². The minimum absolute atomic E-state index is 0.203. The average Bonchev–Trinajstić information content (AvgIpc) is 2.01. The van der Waals surface area contributed by atoms with Gasteiger partial charge in [0.1, 0.15) is 4.91 Å². The summed E-state index contributed by atoms with van der Waals surface area (Å²) < 4.78 is 4.61.